The van der Waals surface area contributed by atoms with Crippen molar-refractivity contribution in [3.63, 3.8) is 0 Å². The maximum absolute atomic E-state index is 12.1. The second-order valence-electron chi connectivity index (χ2n) is 7.53. The predicted molar refractivity (Wildman–Crippen MR) is 108 cm³/mol. The van der Waals surface area contributed by atoms with E-state index in [1.807, 2.05) is 54.6 Å². The minimum atomic E-state index is -0.593. The Bertz CT molecular complexity index is 785. The highest BCUT2D eigenvalue weighted by Crippen LogP contribution is 2.13. The predicted octanol–water partition coefficient (Wildman–Crippen LogP) is 3.75. The Balaban J connectivity index is 1.80. The zero-order chi connectivity index (χ0) is 20.6. The number of nitrogens with one attached hydrogen (secondary N) is 1. The van der Waals surface area contributed by atoms with E-state index in [0.29, 0.717) is 13.2 Å². The Hall–Kier alpha value is -3.02. The van der Waals surface area contributed by atoms with Crippen molar-refractivity contribution in [2.75, 3.05) is 13.6 Å². The van der Waals surface area contributed by atoms with Crippen molar-refractivity contribution in [1.82, 2.24) is 10.2 Å². The number of ether oxygens (including phenoxy) is 2. The molecule has 0 heterocycles. The molecule has 0 fully saturated rings. The second-order valence-corrected chi connectivity index (χ2v) is 7.53. The van der Waals surface area contributed by atoms with Crippen LogP contribution in [-0.4, -0.2) is 36.1 Å². The van der Waals surface area contributed by atoms with Gasteiger partial charge in [-0.2, -0.15) is 0 Å². The molecule has 2 rings (SSSR count). The summed E-state index contributed by atoms with van der Waals surface area (Å²) in [5.74, 6) is 0.561. The lowest BCUT2D eigenvalue weighted by molar-refractivity contribution is -0.122. The monoisotopic (exact) mass is 384 g/mol. The van der Waals surface area contributed by atoms with Gasteiger partial charge in [0.2, 0.25) is 5.91 Å². The zero-order valence-corrected chi connectivity index (χ0v) is 16.9. The Labute approximate surface area is 166 Å². The lowest BCUT2D eigenvalue weighted by atomic mass is 10.1. The van der Waals surface area contributed by atoms with E-state index in [9.17, 15) is 9.59 Å². The first-order valence-electron chi connectivity index (χ1n) is 9.19. The van der Waals surface area contributed by atoms with Crippen LogP contribution in [-0.2, 0) is 22.7 Å². The van der Waals surface area contributed by atoms with Crippen LogP contribution in [0, 0.1) is 0 Å². The van der Waals surface area contributed by atoms with Gasteiger partial charge in [0.15, 0.2) is 0 Å². The molecule has 0 aliphatic carbocycles. The minimum absolute atomic E-state index is 0.0638. The highest BCUT2D eigenvalue weighted by atomic mass is 16.6. The molecule has 0 aliphatic rings. The number of carbonyl (C=O) groups is 2. The third-order valence-corrected chi connectivity index (χ3v) is 3.72. The van der Waals surface area contributed by atoms with E-state index >= 15 is 0 Å². The number of para-hydroxylation sites is 1. The molecule has 0 unspecified atom stereocenters. The van der Waals surface area contributed by atoms with Gasteiger partial charge in [-0.1, -0.05) is 42.5 Å². The van der Waals surface area contributed by atoms with Crippen LogP contribution in [0.1, 0.15) is 31.9 Å². The average Bonchev–Trinajstić information content (AvgIpc) is 2.64. The molecule has 2 aromatic carbocycles. The van der Waals surface area contributed by atoms with Crippen molar-refractivity contribution < 1.29 is 19.1 Å². The smallest absolute Gasteiger partial charge is 0.410 e. The molecule has 0 aromatic heterocycles. The summed E-state index contributed by atoms with van der Waals surface area (Å²) >= 11 is 0. The van der Waals surface area contributed by atoms with Gasteiger partial charge in [0.05, 0.1) is 0 Å². The molecule has 2 amide bonds. The van der Waals surface area contributed by atoms with Crippen LogP contribution in [0.15, 0.2) is 54.6 Å². The highest BCUT2D eigenvalue weighted by Gasteiger charge is 2.20. The van der Waals surface area contributed by atoms with Gasteiger partial charge in [0.25, 0.3) is 0 Å². The summed E-state index contributed by atoms with van der Waals surface area (Å²) in [5.41, 5.74) is 1.38. The first-order valence-corrected chi connectivity index (χ1v) is 9.19. The van der Waals surface area contributed by atoms with Crippen LogP contribution in [0.2, 0.25) is 0 Å². The largest absolute Gasteiger partial charge is 0.489 e. The minimum Gasteiger partial charge on any atom is -0.489 e. The fourth-order valence-corrected chi connectivity index (χ4v) is 2.39. The van der Waals surface area contributed by atoms with Gasteiger partial charge < -0.3 is 19.7 Å². The summed E-state index contributed by atoms with van der Waals surface area (Å²) in [4.78, 5) is 25.3. The van der Waals surface area contributed by atoms with Crippen molar-refractivity contribution in [2.24, 2.45) is 0 Å². The third kappa shape index (κ3) is 7.70. The molecule has 0 atom stereocenters. The molecular formula is C22H28N2O4. The van der Waals surface area contributed by atoms with Crippen molar-refractivity contribution >= 4 is 12.0 Å². The van der Waals surface area contributed by atoms with Gasteiger partial charge in [-0.15, -0.1) is 0 Å². The molecule has 150 valence electrons. The maximum atomic E-state index is 12.1. The van der Waals surface area contributed by atoms with Crippen LogP contribution >= 0.6 is 0 Å². The molecule has 0 saturated heterocycles. The van der Waals surface area contributed by atoms with E-state index in [-0.39, 0.29) is 12.5 Å². The van der Waals surface area contributed by atoms with Gasteiger partial charge in [-0.05, 0) is 44.0 Å². The third-order valence-electron chi connectivity index (χ3n) is 3.72. The average molecular weight is 384 g/mol. The Morgan fingerprint density at radius 1 is 1.00 bits per heavy atom. The summed E-state index contributed by atoms with van der Waals surface area (Å²) in [5, 5.41) is 2.82. The van der Waals surface area contributed by atoms with Crippen LogP contribution in [0.4, 0.5) is 4.79 Å². The highest BCUT2D eigenvalue weighted by molar-refractivity contribution is 5.82. The van der Waals surface area contributed by atoms with E-state index in [4.69, 9.17) is 9.47 Å². The summed E-state index contributed by atoms with van der Waals surface area (Å²) in [7, 11) is 1.54. The molecule has 0 aliphatic heterocycles. The maximum Gasteiger partial charge on any atom is 0.410 e. The summed E-state index contributed by atoms with van der Waals surface area (Å²) in [6.07, 6.45) is -0.525. The Morgan fingerprint density at radius 2 is 1.68 bits per heavy atom. The molecule has 0 bridgehead atoms. The fraction of sp³-hybridized carbons (Fsp3) is 0.364. The number of rotatable bonds is 7. The number of hydrogen-bond acceptors (Lipinski definition) is 4. The standard InChI is InChI=1S/C22H28N2O4/c1-22(2,3)28-21(26)24(4)15-20(25)23-14-17-9-8-10-18(13-17)16-27-19-11-6-5-7-12-19/h5-13H,14-16H2,1-4H3,(H,23,25). The number of carbonyl (C=O) groups excluding carboxylic acids is 2. The van der Waals surface area contributed by atoms with Crippen molar-refractivity contribution in [3.05, 3.63) is 65.7 Å². The van der Waals surface area contributed by atoms with E-state index in [2.05, 4.69) is 5.32 Å². The molecule has 0 saturated carbocycles. The van der Waals surface area contributed by atoms with Crippen molar-refractivity contribution in [1.29, 1.82) is 0 Å². The van der Waals surface area contributed by atoms with Crippen LogP contribution < -0.4 is 10.1 Å². The van der Waals surface area contributed by atoms with E-state index in [0.717, 1.165) is 16.9 Å². The van der Waals surface area contributed by atoms with Crippen molar-refractivity contribution in [2.45, 2.75) is 39.5 Å². The Kier molecular flexibility index (Phi) is 7.44. The SMILES string of the molecule is CN(CC(=O)NCc1cccc(COc2ccccc2)c1)C(=O)OC(C)(C)C. The topological polar surface area (TPSA) is 67.9 Å². The van der Waals surface area contributed by atoms with Gasteiger partial charge >= 0.3 is 6.09 Å². The molecule has 6 heteroatoms. The fourth-order valence-electron chi connectivity index (χ4n) is 2.39. The second kappa shape index (κ2) is 9.78. The normalized spacial score (nSPS) is 10.9. The summed E-state index contributed by atoms with van der Waals surface area (Å²) < 4.78 is 11.0. The van der Waals surface area contributed by atoms with Gasteiger partial charge in [-0.3, -0.25) is 4.79 Å². The van der Waals surface area contributed by atoms with Crippen LogP contribution in [0.25, 0.3) is 0 Å². The quantitative estimate of drug-likeness (QED) is 0.789. The van der Waals surface area contributed by atoms with Gasteiger partial charge in [-0.25, -0.2) is 4.79 Å². The van der Waals surface area contributed by atoms with Gasteiger partial charge in [0, 0.05) is 13.6 Å². The number of hydrogen-bond donors (Lipinski definition) is 1. The number of benzene rings is 2. The van der Waals surface area contributed by atoms with Crippen LogP contribution in [0.3, 0.4) is 0 Å². The first-order chi connectivity index (χ1) is 13.2. The number of likely N-dealkylation sites (N-methyl/N-ethyl adjacent to an activating group) is 1. The van der Waals surface area contributed by atoms with E-state index in [1.54, 1.807) is 20.8 Å². The molecule has 0 radical (unpaired) electrons. The van der Waals surface area contributed by atoms with Crippen LogP contribution in [0.5, 0.6) is 5.75 Å². The molecule has 0 spiro atoms. The van der Waals surface area contributed by atoms with E-state index < -0.39 is 11.7 Å². The first kappa shape index (κ1) is 21.3. The Morgan fingerprint density at radius 3 is 2.36 bits per heavy atom. The summed E-state index contributed by atoms with van der Waals surface area (Å²) in [6.45, 7) is 6.12. The van der Waals surface area contributed by atoms with Crippen molar-refractivity contribution in [3.8, 4) is 5.75 Å². The number of amides is 2. The molecule has 1 N–H and O–H groups in total. The van der Waals surface area contributed by atoms with Gasteiger partial charge in [0.1, 0.15) is 24.5 Å². The number of nitrogens with zero attached hydrogens (tertiary/aromatic N) is 1. The summed E-state index contributed by atoms with van der Waals surface area (Å²) in [6, 6.07) is 17.4. The van der Waals surface area contributed by atoms with E-state index in [1.165, 1.54) is 11.9 Å². The molecule has 2 aromatic rings. The lowest BCUT2D eigenvalue weighted by Crippen LogP contribution is -2.40. The molecule has 6 nitrogen and oxygen atoms in total. The molecule has 28 heavy (non-hydrogen) atoms. The molecular weight excluding hydrogens is 356 g/mol. The zero-order valence-electron chi connectivity index (χ0n) is 16.9. The lowest BCUT2D eigenvalue weighted by Gasteiger charge is -2.24.